The fourth-order valence-electron chi connectivity index (χ4n) is 3.30. The Morgan fingerprint density at radius 2 is 2.32 bits per heavy atom. The number of hydrogen-bond acceptors (Lipinski definition) is 4. The zero-order valence-corrected chi connectivity index (χ0v) is 13.2. The summed E-state index contributed by atoms with van der Waals surface area (Å²) in [4.78, 5) is 19.5. The van der Waals surface area contributed by atoms with Gasteiger partial charge in [0.2, 0.25) is 5.88 Å². The van der Waals surface area contributed by atoms with Gasteiger partial charge in [0.15, 0.2) is 0 Å². The van der Waals surface area contributed by atoms with Crippen molar-refractivity contribution < 1.29 is 14.3 Å². The van der Waals surface area contributed by atoms with Crippen LogP contribution in [0.2, 0.25) is 0 Å². The van der Waals surface area contributed by atoms with E-state index in [0.717, 1.165) is 19.4 Å². The Hall–Kier alpha value is -1.82. The van der Waals surface area contributed by atoms with Crippen molar-refractivity contribution in [3.63, 3.8) is 0 Å². The summed E-state index contributed by atoms with van der Waals surface area (Å²) in [5, 5.41) is 0. The average Bonchev–Trinajstić information content (AvgIpc) is 2.90. The molecule has 3 heterocycles. The minimum atomic E-state index is -0.154. The summed E-state index contributed by atoms with van der Waals surface area (Å²) in [7, 11) is 3.56. The number of pyridine rings is 1. The largest absolute Gasteiger partial charge is 0.478 e. The minimum absolute atomic E-state index is 0.0598. The third-order valence-corrected chi connectivity index (χ3v) is 4.52. The Morgan fingerprint density at radius 1 is 1.50 bits per heavy atom. The highest BCUT2D eigenvalue weighted by molar-refractivity contribution is 5.75. The van der Waals surface area contributed by atoms with Gasteiger partial charge in [-0.05, 0) is 24.8 Å². The van der Waals surface area contributed by atoms with Crippen molar-refractivity contribution in [2.75, 3.05) is 40.4 Å². The second-order valence-corrected chi connectivity index (χ2v) is 6.24. The van der Waals surface area contributed by atoms with E-state index in [9.17, 15) is 4.79 Å². The Labute approximate surface area is 131 Å². The molecule has 1 atom stereocenters. The SMILES string of the molecule is CN(C)C(=O)N1CC2(C1)OCC[C@H]2CCOc1ccccn1. The van der Waals surface area contributed by atoms with E-state index in [1.165, 1.54) is 0 Å². The van der Waals surface area contributed by atoms with E-state index in [1.807, 2.05) is 23.1 Å². The number of urea groups is 1. The molecule has 1 aromatic rings. The van der Waals surface area contributed by atoms with Crippen LogP contribution in [0.25, 0.3) is 0 Å². The molecule has 6 heteroatoms. The summed E-state index contributed by atoms with van der Waals surface area (Å²) in [6.45, 7) is 2.79. The topological polar surface area (TPSA) is 54.9 Å². The molecule has 2 saturated heterocycles. The lowest BCUT2D eigenvalue weighted by Crippen LogP contribution is -2.67. The molecule has 120 valence electrons. The van der Waals surface area contributed by atoms with Crippen LogP contribution >= 0.6 is 0 Å². The first kappa shape index (κ1) is 15.1. The number of carbonyl (C=O) groups is 1. The van der Waals surface area contributed by atoms with Gasteiger partial charge in [-0.3, -0.25) is 0 Å². The van der Waals surface area contributed by atoms with Crippen molar-refractivity contribution in [2.45, 2.75) is 18.4 Å². The molecular weight excluding hydrogens is 282 g/mol. The van der Waals surface area contributed by atoms with Gasteiger partial charge in [0.1, 0.15) is 5.60 Å². The maximum absolute atomic E-state index is 11.9. The van der Waals surface area contributed by atoms with Crippen LogP contribution in [-0.4, -0.2) is 66.8 Å². The van der Waals surface area contributed by atoms with Gasteiger partial charge in [-0.1, -0.05) is 6.07 Å². The van der Waals surface area contributed by atoms with Crippen molar-refractivity contribution in [2.24, 2.45) is 5.92 Å². The van der Waals surface area contributed by atoms with Gasteiger partial charge in [0, 0.05) is 33.0 Å². The second-order valence-electron chi connectivity index (χ2n) is 6.24. The first-order valence-electron chi connectivity index (χ1n) is 7.75. The third-order valence-electron chi connectivity index (χ3n) is 4.52. The van der Waals surface area contributed by atoms with Crippen LogP contribution in [0, 0.1) is 5.92 Å². The van der Waals surface area contributed by atoms with E-state index in [-0.39, 0.29) is 11.6 Å². The van der Waals surface area contributed by atoms with Crippen molar-refractivity contribution in [3.8, 4) is 5.88 Å². The Bertz CT molecular complexity index is 515. The first-order valence-corrected chi connectivity index (χ1v) is 7.75. The maximum atomic E-state index is 11.9. The molecule has 1 spiro atoms. The Balaban J connectivity index is 1.49. The molecule has 2 amide bonds. The van der Waals surface area contributed by atoms with Crippen molar-refractivity contribution in [1.29, 1.82) is 0 Å². The number of likely N-dealkylation sites (tertiary alicyclic amines) is 1. The van der Waals surface area contributed by atoms with Gasteiger partial charge in [-0.15, -0.1) is 0 Å². The van der Waals surface area contributed by atoms with Gasteiger partial charge in [0.05, 0.1) is 19.7 Å². The van der Waals surface area contributed by atoms with Crippen LogP contribution in [0.4, 0.5) is 4.79 Å². The molecule has 2 fully saturated rings. The number of amides is 2. The zero-order chi connectivity index (χ0) is 15.6. The predicted molar refractivity (Wildman–Crippen MR) is 81.8 cm³/mol. The number of aromatic nitrogens is 1. The summed E-state index contributed by atoms with van der Waals surface area (Å²) in [5.74, 6) is 1.11. The number of nitrogens with zero attached hydrogens (tertiary/aromatic N) is 3. The van der Waals surface area contributed by atoms with E-state index in [2.05, 4.69) is 4.98 Å². The van der Waals surface area contributed by atoms with E-state index in [1.54, 1.807) is 25.2 Å². The number of rotatable bonds is 4. The molecule has 6 nitrogen and oxygen atoms in total. The quantitative estimate of drug-likeness (QED) is 0.848. The molecular formula is C16H23N3O3. The molecule has 2 aliphatic rings. The van der Waals surface area contributed by atoms with Gasteiger partial charge in [0.25, 0.3) is 0 Å². The van der Waals surface area contributed by atoms with Crippen molar-refractivity contribution in [1.82, 2.24) is 14.8 Å². The molecule has 0 aromatic carbocycles. The van der Waals surface area contributed by atoms with Crippen LogP contribution in [0.5, 0.6) is 5.88 Å². The molecule has 0 N–H and O–H groups in total. The number of carbonyl (C=O) groups excluding carboxylic acids is 1. The lowest BCUT2D eigenvalue weighted by atomic mass is 9.79. The first-order chi connectivity index (χ1) is 10.6. The highest BCUT2D eigenvalue weighted by Gasteiger charge is 2.54. The lowest BCUT2D eigenvalue weighted by Gasteiger charge is -2.50. The summed E-state index contributed by atoms with van der Waals surface area (Å²) in [6, 6.07) is 5.71. The Kier molecular flexibility index (Phi) is 4.20. The van der Waals surface area contributed by atoms with Crippen molar-refractivity contribution in [3.05, 3.63) is 24.4 Å². The molecule has 1 aromatic heterocycles. The molecule has 0 saturated carbocycles. The van der Waals surface area contributed by atoms with Gasteiger partial charge >= 0.3 is 6.03 Å². The second kappa shape index (κ2) is 6.12. The summed E-state index contributed by atoms with van der Waals surface area (Å²) >= 11 is 0. The molecule has 22 heavy (non-hydrogen) atoms. The highest BCUT2D eigenvalue weighted by Crippen LogP contribution is 2.41. The molecule has 0 radical (unpaired) electrons. The number of hydrogen-bond donors (Lipinski definition) is 0. The minimum Gasteiger partial charge on any atom is -0.478 e. The highest BCUT2D eigenvalue weighted by atomic mass is 16.5. The zero-order valence-electron chi connectivity index (χ0n) is 13.2. The van der Waals surface area contributed by atoms with Crippen LogP contribution < -0.4 is 4.74 Å². The van der Waals surface area contributed by atoms with Crippen LogP contribution in [0.15, 0.2) is 24.4 Å². The predicted octanol–water partition coefficient (Wildman–Crippen LogP) is 1.62. The molecule has 0 aliphatic carbocycles. The summed E-state index contributed by atoms with van der Waals surface area (Å²) in [6.07, 6.45) is 3.70. The van der Waals surface area contributed by atoms with E-state index in [0.29, 0.717) is 31.5 Å². The van der Waals surface area contributed by atoms with E-state index >= 15 is 0 Å². The number of ether oxygens (including phenoxy) is 2. The fraction of sp³-hybridized carbons (Fsp3) is 0.625. The van der Waals surface area contributed by atoms with Crippen molar-refractivity contribution >= 4 is 6.03 Å². The van der Waals surface area contributed by atoms with Gasteiger partial charge < -0.3 is 19.3 Å². The third kappa shape index (κ3) is 2.88. The monoisotopic (exact) mass is 305 g/mol. The smallest absolute Gasteiger partial charge is 0.319 e. The van der Waals surface area contributed by atoms with Crippen LogP contribution in [-0.2, 0) is 4.74 Å². The van der Waals surface area contributed by atoms with Gasteiger partial charge in [-0.25, -0.2) is 9.78 Å². The molecule has 0 bridgehead atoms. The van der Waals surface area contributed by atoms with E-state index in [4.69, 9.17) is 9.47 Å². The summed E-state index contributed by atoms with van der Waals surface area (Å²) < 4.78 is 11.7. The Morgan fingerprint density at radius 3 is 3.00 bits per heavy atom. The normalized spacial score (nSPS) is 22.5. The fourth-order valence-corrected chi connectivity index (χ4v) is 3.30. The lowest BCUT2D eigenvalue weighted by molar-refractivity contribution is -0.119. The average molecular weight is 305 g/mol. The summed E-state index contributed by atoms with van der Waals surface area (Å²) in [5.41, 5.74) is -0.154. The molecule has 2 aliphatic heterocycles. The molecule has 0 unspecified atom stereocenters. The van der Waals surface area contributed by atoms with E-state index < -0.39 is 0 Å². The standard InChI is InChI=1S/C16H23N3O3/c1-18(2)15(20)19-11-16(12-19)13(7-10-22-16)6-9-21-14-5-3-4-8-17-14/h3-5,8,13H,6-7,9-12H2,1-2H3/t13-/m1/s1. The molecule has 3 rings (SSSR count). The van der Waals surface area contributed by atoms with Crippen LogP contribution in [0.1, 0.15) is 12.8 Å². The van der Waals surface area contributed by atoms with Gasteiger partial charge in [-0.2, -0.15) is 0 Å². The maximum Gasteiger partial charge on any atom is 0.319 e. The van der Waals surface area contributed by atoms with Crippen LogP contribution in [0.3, 0.4) is 0 Å².